The van der Waals surface area contributed by atoms with Crippen molar-refractivity contribution in [1.82, 2.24) is 10.3 Å². The van der Waals surface area contributed by atoms with E-state index in [4.69, 9.17) is 0 Å². The summed E-state index contributed by atoms with van der Waals surface area (Å²) in [5, 5.41) is 3.52. The standard InChI is InChI=1S/C14H19NO2.C5H4BrN/c1-17-14(16)10-11-5-7-12(8-6-11)13-4-2-3-9-15-13;6-5-3-1-2-4-7-5/h5-8,13,15H,2-4,9-10H2,1H3;1-4H. The fraction of sp³-hybridized carbons (Fsp3) is 0.368. The summed E-state index contributed by atoms with van der Waals surface area (Å²) in [6.07, 6.45) is 5.87. The summed E-state index contributed by atoms with van der Waals surface area (Å²) in [5.41, 5.74) is 2.33. The topological polar surface area (TPSA) is 51.2 Å². The van der Waals surface area contributed by atoms with Crippen LogP contribution < -0.4 is 5.32 Å². The van der Waals surface area contributed by atoms with E-state index in [1.54, 1.807) is 6.20 Å². The lowest BCUT2D eigenvalue weighted by atomic mass is 9.96. The highest BCUT2D eigenvalue weighted by Gasteiger charge is 2.14. The highest BCUT2D eigenvalue weighted by atomic mass is 79.9. The minimum Gasteiger partial charge on any atom is -0.469 e. The number of carbonyl (C=O) groups excluding carboxylic acids is 1. The number of rotatable bonds is 3. The van der Waals surface area contributed by atoms with Gasteiger partial charge in [0.25, 0.3) is 0 Å². The van der Waals surface area contributed by atoms with Gasteiger partial charge in [0.15, 0.2) is 0 Å². The van der Waals surface area contributed by atoms with Crippen molar-refractivity contribution in [2.75, 3.05) is 13.7 Å². The van der Waals surface area contributed by atoms with Crippen LogP contribution in [0, 0.1) is 0 Å². The minimum absolute atomic E-state index is 0.187. The Morgan fingerprint density at radius 3 is 2.54 bits per heavy atom. The molecule has 0 aliphatic carbocycles. The number of aromatic nitrogens is 1. The van der Waals surface area contributed by atoms with E-state index in [-0.39, 0.29) is 5.97 Å². The van der Waals surface area contributed by atoms with Crippen molar-refractivity contribution in [3.63, 3.8) is 0 Å². The second-order valence-electron chi connectivity index (χ2n) is 5.65. The number of methoxy groups -OCH3 is 1. The average molecular weight is 391 g/mol. The molecule has 0 radical (unpaired) electrons. The van der Waals surface area contributed by atoms with Gasteiger partial charge in [0.2, 0.25) is 0 Å². The number of carbonyl (C=O) groups is 1. The van der Waals surface area contributed by atoms with Crippen LogP contribution >= 0.6 is 15.9 Å². The van der Waals surface area contributed by atoms with Gasteiger partial charge in [-0.25, -0.2) is 4.98 Å². The first-order chi connectivity index (χ1) is 11.7. The van der Waals surface area contributed by atoms with Crippen LogP contribution in [0.2, 0.25) is 0 Å². The van der Waals surface area contributed by atoms with Crippen LogP contribution in [0.15, 0.2) is 53.3 Å². The number of hydrogen-bond donors (Lipinski definition) is 1. The third kappa shape index (κ3) is 6.42. The Morgan fingerprint density at radius 2 is 2.04 bits per heavy atom. The van der Waals surface area contributed by atoms with Gasteiger partial charge >= 0.3 is 5.97 Å². The van der Waals surface area contributed by atoms with E-state index >= 15 is 0 Å². The molecule has 1 aliphatic heterocycles. The Kier molecular flexibility index (Phi) is 7.92. The number of pyridine rings is 1. The number of nitrogens with zero attached hydrogens (tertiary/aromatic N) is 1. The van der Waals surface area contributed by atoms with Crippen molar-refractivity contribution in [3.8, 4) is 0 Å². The maximum absolute atomic E-state index is 11.1. The van der Waals surface area contributed by atoms with Gasteiger partial charge in [0.1, 0.15) is 4.60 Å². The van der Waals surface area contributed by atoms with Gasteiger partial charge in [-0.1, -0.05) is 36.8 Å². The van der Waals surface area contributed by atoms with Gasteiger partial charge in [0, 0.05) is 12.2 Å². The highest BCUT2D eigenvalue weighted by Crippen LogP contribution is 2.23. The molecule has 0 bridgehead atoms. The van der Waals surface area contributed by atoms with Crippen LogP contribution in [0.1, 0.15) is 36.4 Å². The van der Waals surface area contributed by atoms with E-state index in [0.29, 0.717) is 12.5 Å². The van der Waals surface area contributed by atoms with Gasteiger partial charge in [-0.15, -0.1) is 0 Å². The molecule has 0 spiro atoms. The largest absolute Gasteiger partial charge is 0.469 e. The van der Waals surface area contributed by atoms with Gasteiger partial charge in [-0.2, -0.15) is 0 Å². The number of benzene rings is 1. The second-order valence-corrected chi connectivity index (χ2v) is 6.46. The highest BCUT2D eigenvalue weighted by molar-refractivity contribution is 9.10. The van der Waals surface area contributed by atoms with Crippen LogP contribution in [0.3, 0.4) is 0 Å². The van der Waals surface area contributed by atoms with Crippen LogP contribution in [-0.4, -0.2) is 24.6 Å². The monoisotopic (exact) mass is 390 g/mol. The van der Waals surface area contributed by atoms with Gasteiger partial charge in [-0.05, 0) is 58.6 Å². The SMILES string of the molecule is Brc1ccccn1.COC(=O)Cc1ccc(C2CCCCN2)cc1. The molecule has 1 aromatic heterocycles. The molecule has 128 valence electrons. The number of hydrogen-bond acceptors (Lipinski definition) is 4. The Balaban J connectivity index is 0.000000249. The number of esters is 1. The first kappa shape index (κ1) is 18.6. The van der Waals surface area contributed by atoms with Crippen molar-refractivity contribution in [2.24, 2.45) is 0 Å². The Labute approximate surface area is 151 Å². The summed E-state index contributed by atoms with van der Waals surface area (Å²) in [5.74, 6) is -0.187. The Morgan fingerprint density at radius 1 is 1.25 bits per heavy atom. The molecule has 5 heteroatoms. The molecule has 24 heavy (non-hydrogen) atoms. The molecule has 4 nitrogen and oxygen atoms in total. The van der Waals surface area contributed by atoms with Gasteiger partial charge in [0.05, 0.1) is 13.5 Å². The lowest BCUT2D eigenvalue weighted by Gasteiger charge is -2.23. The first-order valence-corrected chi connectivity index (χ1v) is 8.94. The van der Waals surface area contributed by atoms with Crippen molar-refractivity contribution in [1.29, 1.82) is 0 Å². The normalized spacial score (nSPS) is 16.7. The molecule has 1 aliphatic rings. The summed E-state index contributed by atoms with van der Waals surface area (Å²) >= 11 is 3.20. The predicted octanol–water partition coefficient (Wildman–Crippen LogP) is 4.06. The van der Waals surface area contributed by atoms with Gasteiger partial charge in [-0.3, -0.25) is 4.79 Å². The van der Waals surface area contributed by atoms with Crippen molar-refractivity contribution < 1.29 is 9.53 Å². The second kappa shape index (κ2) is 10.2. The quantitative estimate of drug-likeness (QED) is 0.633. The zero-order valence-electron chi connectivity index (χ0n) is 13.9. The fourth-order valence-electron chi connectivity index (χ4n) is 2.58. The third-order valence-corrected chi connectivity index (χ3v) is 4.37. The van der Waals surface area contributed by atoms with E-state index in [0.717, 1.165) is 16.7 Å². The molecule has 1 saturated heterocycles. The van der Waals surface area contributed by atoms with Crippen molar-refractivity contribution in [2.45, 2.75) is 31.7 Å². The Bertz CT molecular complexity index is 611. The van der Waals surface area contributed by atoms with E-state index in [2.05, 4.69) is 43.1 Å². The lowest BCUT2D eigenvalue weighted by Crippen LogP contribution is -2.26. The van der Waals surface area contributed by atoms with E-state index in [1.165, 1.54) is 31.9 Å². The molecular weight excluding hydrogens is 368 g/mol. The molecular formula is C19H23BrN2O2. The Hall–Kier alpha value is -1.72. The lowest BCUT2D eigenvalue weighted by molar-refractivity contribution is -0.139. The zero-order chi connectivity index (χ0) is 17.2. The van der Waals surface area contributed by atoms with Gasteiger partial charge < -0.3 is 10.1 Å². The average Bonchev–Trinajstić information content (AvgIpc) is 2.64. The molecule has 1 N–H and O–H groups in total. The van der Waals surface area contributed by atoms with Crippen molar-refractivity contribution in [3.05, 3.63) is 64.4 Å². The smallest absolute Gasteiger partial charge is 0.309 e. The molecule has 1 fully saturated rings. The predicted molar refractivity (Wildman–Crippen MR) is 98.7 cm³/mol. The third-order valence-electron chi connectivity index (χ3n) is 3.90. The summed E-state index contributed by atoms with van der Waals surface area (Å²) in [4.78, 5) is 15.0. The first-order valence-electron chi connectivity index (χ1n) is 8.14. The number of nitrogens with one attached hydrogen (secondary N) is 1. The summed E-state index contributed by atoms with van der Waals surface area (Å²) in [6.45, 7) is 1.11. The van der Waals surface area contributed by atoms with Crippen LogP contribution in [0.25, 0.3) is 0 Å². The van der Waals surface area contributed by atoms with Crippen LogP contribution in [-0.2, 0) is 16.0 Å². The van der Waals surface area contributed by atoms with Crippen LogP contribution in [0.4, 0.5) is 0 Å². The minimum atomic E-state index is -0.187. The molecule has 0 amide bonds. The number of halogens is 1. The van der Waals surface area contributed by atoms with E-state index in [1.807, 2.05) is 30.3 Å². The molecule has 1 aromatic carbocycles. The van der Waals surface area contributed by atoms with E-state index in [9.17, 15) is 4.79 Å². The van der Waals surface area contributed by atoms with E-state index < -0.39 is 0 Å². The maximum Gasteiger partial charge on any atom is 0.309 e. The molecule has 1 unspecified atom stereocenters. The zero-order valence-corrected chi connectivity index (χ0v) is 15.5. The summed E-state index contributed by atoms with van der Waals surface area (Å²) in [6, 6.07) is 14.4. The van der Waals surface area contributed by atoms with Crippen LogP contribution in [0.5, 0.6) is 0 Å². The summed E-state index contributed by atoms with van der Waals surface area (Å²) < 4.78 is 5.53. The molecule has 2 aromatic rings. The fourth-order valence-corrected chi connectivity index (χ4v) is 2.86. The molecule has 0 saturated carbocycles. The summed E-state index contributed by atoms with van der Waals surface area (Å²) in [7, 11) is 1.42. The number of ether oxygens (including phenoxy) is 1. The maximum atomic E-state index is 11.1. The molecule has 1 atom stereocenters. The van der Waals surface area contributed by atoms with Crippen molar-refractivity contribution >= 4 is 21.9 Å². The number of piperidine rings is 1. The molecule has 3 rings (SSSR count). The molecule has 2 heterocycles.